The van der Waals surface area contributed by atoms with E-state index in [0.29, 0.717) is 17.8 Å². The summed E-state index contributed by atoms with van der Waals surface area (Å²) in [5, 5.41) is 0. The molecule has 0 aromatic heterocycles. The van der Waals surface area contributed by atoms with Crippen LogP contribution in [0.3, 0.4) is 0 Å². The van der Waals surface area contributed by atoms with Crippen LogP contribution in [0.1, 0.15) is 48.9 Å². The number of halogens is 2. The Morgan fingerprint density at radius 2 is 1.64 bits per heavy atom. The summed E-state index contributed by atoms with van der Waals surface area (Å²) in [5.41, 5.74) is 4.85. The first-order valence-corrected chi connectivity index (χ1v) is 9.62. The summed E-state index contributed by atoms with van der Waals surface area (Å²) in [5.74, 6) is 1.06. The Hall–Kier alpha value is -2.38. The van der Waals surface area contributed by atoms with Crippen LogP contribution in [0.2, 0.25) is 0 Å². The van der Waals surface area contributed by atoms with E-state index in [-0.39, 0.29) is 28.4 Å². The molecule has 5 rings (SSSR count). The van der Waals surface area contributed by atoms with Gasteiger partial charge in [0.1, 0.15) is 0 Å². The Kier molecular flexibility index (Phi) is 4.89. The Labute approximate surface area is 161 Å². The lowest BCUT2D eigenvalue weighted by Crippen LogP contribution is -2.56. The largest absolute Gasteiger partial charge is 0.493 e. The minimum Gasteiger partial charge on any atom is -0.493 e. The van der Waals surface area contributed by atoms with Gasteiger partial charge >= 0.3 is 6.61 Å². The normalized spacial score (nSPS) is 30.2. The highest BCUT2D eigenvalue weighted by molar-refractivity contribution is 5.96. The van der Waals surface area contributed by atoms with Crippen LogP contribution < -0.4 is 20.3 Å². The summed E-state index contributed by atoms with van der Waals surface area (Å²) in [6, 6.07) is 3.87. The maximum absolute atomic E-state index is 12.9. The van der Waals surface area contributed by atoms with Crippen molar-refractivity contribution in [2.24, 2.45) is 23.2 Å². The Bertz CT molecular complexity index is 748. The number of benzene rings is 1. The topological polar surface area (TPSA) is 76.7 Å². The molecule has 0 heterocycles. The Morgan fingerprint density at radius 1 is 1.04 bits per heavy atom. The average molecular weight is 394 g/mol. The van der Waals surface area contributed by atoms with Crippen LogP contribution in [0.25, 0.3) is 0 Å². The highest BCUT2D eigenvalue weighted by atomic mass is 19.3. The van der Waals surface area contributed by atoms with Crippen LogP contribution in [-0.2, 0) is 4.79 Å². The molecule has 0 aliphatic heterocycles. The number of rotatable bonds is 5. The van der Waals surface area contributed by atoms with Crippen LogP contribution in [-0.4, -0.2) is 25.5 Å². The van der Waals surface area contributed by atoms with Crippen molar-refractivity contribution in [1.29, 1.82) is 0 Å². The number of methoxy groups -OCH3 is 1. The van der Waals surface area contributed by atoms with Gasteiger partial charge in [-0.25, -0.2) is 0 Å². The van der Waals surface area contributed by atoms with E-state index in [1.54, 1.807) is 0 Å². The predicted molar refractivity (Wildman–Crippen MR) is 95.8 cm³/mol. The number of nitrogens with one attached hydrogen (secondary N) is 2. The van der Waals surface area contributed by atoms with E-state index in [4.69, 9.17) is 4.74 Å². The molecule has 0 atom stereocenters. The van der Waals surface area contributed by atoms with Crippen molar-refractivity contribution in [2.75, 3.05) is 7.11 Å². The zero-order chi connectivity index (χ0) is 19.9. The number of carbonyl (C=O) groups is 2. The van der Waals surface area contributed by atoms with E-state index < -0.39 is 12.5 Å². The lowest BCUT2D eigenvalue weighted by molar-refractivity contribution is -0.147. The van der Waals surface area contributed by atoms with Crippen LogP contribution >= 0.6 is 0 Å². The summed E-state index contributed by atoms with van der Waals surface area (Å²) in [6.45, 7) is -2.99. The Morgan fingerprint density at radius 3 is 2.18 bits per heavy atom. The van der Waals surface area contributed by atoms with Gasteiger partial charge in [0, 0.05) is 5.56 Å². The fraction of sp³-hybridized carbons (Fsp3) is 0.600. The van der Waals surface area contributed by atoms with Gasteiger partial charge in [0.15, 0.2) is 11.5 Å². The summed E-state index contributed by atoms with van der Waals surface area (Å²) in [6.07, 6.45) is 6.37. The first-order valence-electron chi connectivity index (χ1n) is 9.62. The molecule has 1 aromatic rings. The zero-order valence-corrected chi connectivity index (χ0v) is 15.7. The fourth-order valence-electron chi connectivity index (χ4n) is 5.71. The molecule has 0 unspecified atom stereocenters. The molecule has 8 heteroatoms. The molecule has 4 aliphatic rings. The number of hydrogen-bond acceptors (Lipinski definition) is 4. The molecule has 0 radical (unpaired) electrons. The highest BCUT2D eigenvalue weighted by Crippen LogP contribution is 2.60. The van der Waals surface area contributed by atoms with Crippen molar-refractivity contribution in [3.63, 3.8) is 0 Å². The van der Waals surface area contributed by atoms with Gasteiger partial charge in [0.2, 0.25) is 5.91 Å². The van der Waals surface area contributed by atoms with E-state index >= 15 is 0 Å². The van der Waals surface area contributed by atoms with Crippen molar-refractivity contribution in [3.05, 3.63) is 23.8 Å². The molecule has 4 bridgehead atoms. The smallest absolute Gasteiger partial charge is 0.387 e. The molecule has 0 saturated heterocycles. The maximum Gasteiger partial charge on any atom is 0.387 e. The second kappa shape index (κ2) is 7.22. The third-order valence-electron chi connectivity index (χ3n) is 6.45. The van der Waals surface area contributed by atoms with Crippen molar-refractivity contribution < 1.29 is 27.8 Å². The summed E-state index contributed by atoms with van der Waals surface area (Å²) in [7, 11) is 1.30. The molecule has 4 saturated carbocycles. The minimum absolute atomic E-state index is 0.0142. The highest BCUT2D eigenvalue weighted by Gasteiger charge is 2.54. The van der Waals surface area contributed by atoms with Crippen molar-refractivity contribution in [1.82, 2.24) is 10.9 Å². The minimum atomic E-state index is -2.99. The third-order valence-corrected chi connectivity index (χ3v) is 6.45. The molecule has 152 valence electrons. The van der Waals surface area contributed by atoms with Crippen LogP contribution in [0.15, 0.2) is 18.2 Å². The van der Waals surface area contributed by atoms with Gasteiger partial charge in [-0.2, -0.15) is 8.78 Å². The molecule has 0 spiro atoms. The lowest BCUT2D eigenvalue weighted by atomic mass is 9.49. The average Bonchev–Trinajstić information content (AvgIpc) is 2.64. The molecule has 2 amide bonds. The number of hydrogen-bond donors (Lipinski definition) is 2. The maximum atomic E-state index is 12.9. The zero-order valence-electron chi connectivity index (χ0n) is 15.7. The van der Waals surface area contributed by atoms with Gasteiger partial charge in [-0.15, -0.1) is 0 Å². The second-order valence-electron chi connectivity index (χ2n) is 8.35. The van der Waals surface area contributed by atoms with Crippen LogP contribution in [0.4, 0.5) is 8.78 Å². The van der Waals surface area contributed by atoms with E-state index in [1.165, 1.54) is 44.6 Å². The van der Waals surface area contributed by atoms with Crippen molar-refractivity contribution >= 4 is 11.8 Å². The molecular weight excluding hydrogens is 370 g/mol. The molecule has 2 N–H and O–H groups in total. The monoisotopic (exact) mass is 394 g/mol. The molecule has 6 nitrogen and oxygen atoms in total. The third kappa shape index (κ3) is 3.52. The first kappa shape index (κ1) is 19.0. The van der Waals surface area contributed by atoms with E-state index in [2.05, 4.69) is 15.6 Å². The SMILES string of the molecule is COc1cc(C(=O)NNC(=O)C23CC4CC(CC(C4)C2)C3)ccc1OC(F)F. The summed E-state index contributed by atoms with van der Waals surface area (Å²) < 4.78 is 34.2. The van der Waals surface area contributed by atoms with Gasteiger partial charge in [-0.3, -0.25) is 20.4 Å². The summed E-state index contributed by atoms with van der Waals surface area (Å²) >= 11 is 0. The first-order chi connectivity index (χ1) is 13.4. The molecule has 28 heavy (non-hydrogen) atoms. The van der Waals surface area contributed by atoms with E-state index in [9.17, 15) is 18.4 Å². The molecular formula is C20H24F2N2O4. The summed E-state index contributed by atoms with van der Waals surface area (Å²) in [4.78, 5) is 25.3. The van der Waals surface area contributed by atoms with E-state index in [1.807, 2.05) is 0 Å². The molecule has 4 fully saturated rings. The predicted octanol–water partition coefficient (Wildman–Crippen LogP) is 3.27. The van der Waals surface area contributed by atoms with Gasteiger partial charge < -0.3 is 9.47 Å². The van der Waals surface area contributed by atoms with Gasteiger partial charge in [0.05, 0.1) is 12.5 Å². The quantitative estimate of drug-likeness (QED) is 0.752. The number of carbonyl (C=O) groups excluding carboxylic acids is 2. The standard InChI is InChI=1S/C20H24F2N2O4/c1-27-16-7-14(2-3-15(16)28-19(21)22)17(25)23-24-18(26)20-8-11-4-12(9-20)6-13(5-11)10-20/h2-3,7,11-13,19H,4-6,8-10H2,1H3,(H,23,25)(H,24,26). The Balaban J connectivity index is 1.40. The van der Waals surface area contributed by atoms with Gasteiger partial charge in [-0.1, -0.05) is 0 Å². The molecule has 1 aromatic carbocycles. The van der Waals surface area contributed by atoms with Gasteiger partial charge in [0.25, 0.3) is 5.91 Å². The lowest BCUT2D eigenvalue weighted by Gasteiger charge is -2.55. The van der Waals surface area contributed by atoms with Crippen LogP contribution in [0, 0.1) is 23.2 Å². The second-order valence-corrected chi connectivity index (χ2v) is 8.35. The van der Waals surface area contributed by atoms with Crippen molar-refractivity contribution in [3.8, 4) is 11.5 Å². The van der Waals surface area contributed by atoms with Crippen LogP contribution in [0.5, 0.6) is 11.5 Å². The number of amides is 2. The number of alkyl halides is 2. The fourth-order valence-corrected chi connectivity index (χ4v) is 5.71. The van der Waals surface area contributed by atoms with E-state index in [0.717, 1.165) is 19.3 Å². The van der Waals surface area contributed by atoms with Crippen molar-refractivity contribution in [2.45, 2.75) is 45.1 Å². The number of ether oxygens (including phenoxy) is 2. The molecule has 4 aliphatic carbocycles. The van der Waals surface area contributed by atoms with Gasteiger partial charge in [-0.05, 0) is 74.5 Å². The number of hydrazine groups is 1.